The number of benzene rings is 1. The Kier molecular flexibility index (Phi) is 5.80. The van der Waals surface area contributed by atoms with E-state index in [1.165, 1.54) is 12.7 Å². The molecule has 0 unspecified atom stereocenters. The number of esters is 1. The van der Waals surface area contributed by atoms with Crippen molar-refractivity contribution < 1.29 is 14.3 Å². The van der Waals surface area contributed by atoms with Crippen LogP contribution in [0, 0.1) is 5.41 Å². The van der Waals surface area contributed by atoms with Crippen molar-refractivity contribution in [3.05, 3.63) is 35.9 Å². The van der Waals surface area contributed by atoms with E-state index in [1.54, 1.807) is 0 Å². The maximum atomic E-state index is 12.8. The number of rotatable bonds is 5. The second-order valence-electron chi connectivity index (χ2n) is 7.10. The minimum Gasteiger partial charge on any atom is -0.469 e. The number of nitrogens with zero attached hydrogens (tertiary/aromatic N) is 1. The largest absolute Gasteiger partial charge is 0.469 e. The molecule has 1 aromatic carbocycles. The summed E-state index contributed by atoms with van der Waals surface area (Å²) >= 11 is 0. The van der Waals surface area contributed by atoms with Crippen molar-refractivity contribution in [3.8, 4) is 0 Å². The Hall–Kier alpha value is -1.84. The van der Waals surface area contributed by atoms with E-state index >= 15 is 0 Å². The Balaban J connectivity index is 2.08. The lowest BCUT2D eigenvalue weighted by Gasteiger charge is -2.38. The minimum absolute atomic E-state index is 0.132. The van der Waals surface area contributed by atoms with Crippen LogP contribution in [0.5, 0.6) is 0 Å². The number of likely N-dealkylation sites (tertiary alicyclic amines) is 1. The molecule has 1 heterocycles. The van der Waals surface area contributed by atoms with Crippen LogP contribution < -0.4 is 0 Å². The average molecular weight is 317 g/mol. The molecular formula is C19H27NO3. The first kappa shape index (κ1) is 17.5. The van der Waals surface area contributed by atoms with Crippen molar-refractivity contribution in [3.63, 3.8) is 0 Å². The summed E-state index contributed by atoms with van der Waals surface area (Å²) in [5, 5.41) is 0. The van der Waals surface area contributed by atoms with Gasteiger partial charge < -0.3 is 9.64 Å². The van der Waals surface area contributed by atoms with Crippen molar-refractivity contribution in [2.75, 3.05) is 13.7 Å². The summed E-state index contributed by atoms with van der Waals surface area (Å²) in [7, 11) is 1.39. The first-order valence-electron chi connectivity index (χ1n) is 8.34. The van der Waals surface area contributed by atoms with E-state index in [4.69, 9.17) is 4.74 Å². The van der Waals surface area contributed by atoms with Gasteiger partial charge in [0.1, 0.15) is 0 Å². The van der Waals surface area contributed by atoms with Gasteiger partial charge in [0.15, 0.2) is 0 Å². The predicted molar refractivity (Wildman–Crippen MR) is 89.8 cm³/mol. The molecule has 2 rings (SSSR count). The normalized spacial score (nSPS) is 18.6. The highest BCUT2D eigenvalue weighted by atomic mass is 16.5. The number of methoxy groups -OCH3 is 1. The van der Waals surface area contributed by atoms with Crippen LogP contribution in [0.4, 0.5) is 0 Å². The molecule has 0 aromatic heterocycles. The van der Waals surface area contributed by atoms with E-state index in [9.17, 15) is 9.59 Å². The molecule has 1 saturated heterocycles. The van der Waals surface area contributed by atoms with Crippen LogP contribution >= 0.6 is 0 Å². The lowest BCUT2D eigenvalue weighted by Crippen LogP contribution is -2.40. The van der Waals surface area contributed by atoms with Gasteiger partial charge in [0.2, 0.25) is 5.91 Å². The van der Waals surface area contributed by atoms with Crippen molar-refractivity contribution in [1.82, 2.24) is 4.90 Å². The van der Waals surface area contributed by atoms with Crippen molar-refractivity contribution in [2.45, 2.75) is 52.0 Å². The summed E-state index contributed by atoms with van der Waals surface area (Å²) in [6.07, 6.45) is 3.83. The molecule has 0 spiro atoms. The maximum absolute atomic E-state index is 12.8. The van der Waals surface area contributed by atoms with Crippen molar-refractivity contribution >= 4 is 11.9 Å². The zero-order chi connectivity index (χ0) is 16.9. The summed E-state index contributed by atoms with van der Waals surface area (Å²) in [6, 6.07) is 10.4. The highest BCUT2D eigenvalue weighted by Gasteiger charge is 2.32. The molecule has 1 fully saturated rings. The van der Waals surface area contributed by atoms with E-state index < -0.39 is 0 Å². The third-order valence-electron chi connectivity index (χ3n) is 4.49. The smallest absolute Gasteiger partial charge is 0.306 e. The molecule has 1 aliphatic heterocycles. The molecule has 23 heavy (non-hydrogen) atoms. The molecule has 1 atom stereocenters. The van der Waals surface area contributed by atoms with Crippen LogP contribution in [0.3, 0.4) is 0 Å². The third-order valence-corrected chi connectivity index (χ3v) is 4.49. The Morgan fingerprint density at radius 2 is 1.87 bits per heavy atom. The number of hydrogen-bond acceptors (Lipinski definition) is 3. The van der Waals surface area contributed by atoms with Crippen LogP contribution in [0.2, 0.25) is 0 Å². The third kappa shape index (κ3) is 4.81. The molecule has 4 heteroatoms. The van der Waals surface area contributed by atoms with Crippen LogP contribution in [-0.2, 0) is 14.3 Å². The summed E-state index contributed by atoms with van der Waals surface area (Å²) in [6.45, 7) is 4.69. The van der Waals surface area contributed by atoms with E-state index in [1.807, 2.05) is 36.9 Å². The summed E-state index contributed by atoms with van der Waals surface area (Å²) in [5.74, 6) is -0.131. The molecule has 4 nitrogen and oxygen atoms in total. The fourth-order valence-corrected chi connectivity index (χ4v) is 3.29. The van der Waals surface area contributed by atoms with Crippen LogP contribution in [0.25, 0.3) is 0 Å². The van der Waals surface area contributed by atoms with E-state index in [0.717, 1.165) is 25.8 Å². The van der Waals surface area contributed by atoms with Gasteiger partial charge in [-0.1, -0.05) is 44.2 Å². The lowest BCUT2D eigenvalue weighted by molar-refractivity contribution is -0.144. The van der Waals surface area contributed by atoms with Crippen molar-refractivity contribution in [1.29, 1.82) is 0 Å². The number of ether oxygens (including phenoxy) is 1. The van der Waals surface area contributed by atoms with Gasteiger partial charge in [-0.05, 0) is 30.2 Å². The van der Waals surface area contributed by atoms with Gasteiger partial charge in [0.05, 0.1) is 19.6 Å². The Bertz CT molecular complexity index is 539. The summed E-state index contributed by atoms with van der Waals surface area (Å²) < 4.78 is 4.74. The van der Waals surface area contributed by atoms with Gasteiger partial charge in [-0.2, -0.15) is 0 Å². The molecule has 1 aromatic rings. The van der Waals surface area contributed by atoms with Crippen molar-refractivity contribution in [2.24, 2.45) is 5.41 Å². The first-order valence-corrected chi connectivity index (χ1v) is 8.34. The van der Waals surface area contributed by atoms with Gasteiger partial charge in [0.25, 0.3) is 0 Å². The van der Waals surface area contributed by atoms with Gasteiger partial charge >= 0.3 is 5.97 Å². The average Bonchev–Trinajstić information content (AvgIpc) is 2.54. The maximum Gasteiger partial charge on any atom is 0.306 e. The Morgan fingerprint density at radius 3 is 2.52 bits per heavy atom. The second kappa shape index (κ2) is 7.62. The Morgan fingerprint density at radius 1 is 1.17 bits per heavy atom. The first-order chi connectivity index (χ1) is 10.9. The molecule has 1 aliphatic rings. The van der Waals surface area contributed by atoms with Gasteiger partial charge in [0, 0.05) is 13.0 Å². The van der Waals surface area contributed by atoms with E-state index in [0.29, 0.717) is 6.42 Å². The highest BCUT2D eigenvalue weighted by molar-refractivity contribution is 5.79. The molecular weight excluding hydrogens is 290 g/mol. The molecule has 0 saturated carbocycles. The fourth-order valence-electron chi connectivity index (χ4n) is 3.29. The quantitative estimate of drug-likeness (QED) is 0.778. The van der Waals surface area contributed by atoms with Crippen LogP contribution in [0.1, 0.15) is 57.6 Å². The molecule has 0 aliphatic carbocycles. The monoisotopic (exact) mass is 317 g/mol. The number of amides is 1. The molecule has 0 bridgehead atoms. The lowest BCUT2D eigenvalue weighted by atomic mass is 9.84. The highest BCUT2D eigenvalue weighted by Crippen LogP contribution is 2.34. The number of piperidine rings is 1. The number of carbonyl (C=O) groups excluding carboxylic acids is 2. The van der Waals surface area contributed by atoms with E-state index in [2.05, 4.69) is 12.1 Å². The van der Waals surface area contributed by atoms with Gasteiger partial charge in [-0.25, -0.2) is 0 Å². The zero-order valence-electron chi connectivity index (χ0n) is 14.4. The van der Waals surface area contributed by atoms with Crippen LogP contribution in [-0.4, -0.2) is 30.4 Å². The molecule has 126 valence electrons. The predicted octanol–water partition coefficient (Wildman–Crippen LogP) is 3.72. The Labute approximate surface area is 138 Å². The molecule has 1 amide bonds. The topological polar surface area (TPSA) is 46.6 Å². The second-order valence-corrected chi connectivity index (χ2v) is 7.10. The summed E-state index contributed by atoms with van der Waals surface area (Å²) in [4.78, 5) is 26.4. The van der Waals surface area contributed by atoms with E-state index in [-0.39, 0.29) is 29.8 Å². The number of hydrogen-bond donors (Lipinski definition) is 0. The summed E-state index contributed by atoms with van der Waals surface area (Å²) in [5.41, 5.74) is 0.814. The SMILES string of the molecule is COC(=O)CC(C)(C)CC(=O)N1CCCC[C@H]1c1ccccc1. The fraction of sp³-hybridized carbons (Fsp3) is 0.579. The standard InChI is InChI=1S/C19H27NO3/c1-19(2,14-18(22)23-3)13-17(21)20-12-8-7-11-16(20)15-9-5-4-6-10-15/h4-6,9-10,16H,7-8,11-14H2,1-3H3/t16-/m0/s1. The van der Waals surface area contributed by atoms with Crippen LogP contribution in [0.15, 0.2) is 30.3 Å². The zero-order valence-corrected chi connectivity index (χ0v) is 14.4. The molecule has 0 N–H and O–H groups in total. The van der Waals surface area contributed by atoms with Gasteiger partial charge in [-0.3, -0.25) is 9.59 Å². The molecule has 0 radical (unpaired) electrons. The minimum atomic E-state index is -0.386. The van der Waals surface area contributed by atoms with Gasteiger partial charge in [-0.15, -0.1) is 0 Å². The number of carbonyl (C=O) groups is 2.